The largest absolute Gasteiger partial charge is 0.491 e. The van der Waals surface area contributed by atoms with Gasteiger partial charge in [0.1, 0.15) is 5.75 Å². The maximum absolute atomic E-state index is 6.16. The van der Waals surface area contributed by atoms with Gasteiger partial charge in [-0.15, -0.1) is 0 Å². The van der Waals surface area contributed by atoms with Gasteiger partial charge in [-0.25, -0.2) is 0 Å². The second-order valence-electron chi connectivity index (χ2n) is 5.31. The van der Waals surface area contributed by atoms with E-state index in [1.54, 1.807) is 0 Å². The molecule has 21 heavy (non-hydrogen) atoms. The molecular weight excluding hydrogens is 328 g/mol. The Morgan fingerprint density at radius 3 is 2.81 bits per heavy atom. The Hall–Kier alpha value is -1.52. The standard InChI is InChI=1S/C17H19BrN2O/c1-12(19)14-8-7-13(18)11-16(14)20-9-4-10-21-17-6-3-2-5-15(17)20/h2-3,5-8,11-12H,4,9-10,19H2,1H3. The number of hydrogen-bond donors (Lipinski definition) is 1. The molecule has 1 aliphatic rings. The fourth-order valence-corrected chi connectivity index (χ4v) is 3.06. The van der Waals surface area contributed by atoms with Crippen LogP contribution in [-0.4, -0.2) is 13.2 Å². The van der Waals surface area contributed by atoms with Gasteiger partial charge in [0.25, 0.3) is 0 Å². The third-order valence-electron chi connectivity index (χ3n) is 3.71. The lowest BCUT2D eigenvalue weighted by atomic mass is 10.0. The van der Waals surface area contributed by atoms with Crippen LogP contribution >= 0.6 is 15.9 Å². The highest BCUT2D eigenvalue weighted by molar-refractivity contribution is 9.10. The molecule has 4 heteroatoms. The molecule has 2 aromatic carbocycles. The molecule has 0 radical (unpaired) electrons. The molecule has 0 aliphatic carbocycles. The number of nitrogens with two attached hydrogens (primary N) is 1. The molecule has 110 valence electrons. The minimum Gasteiger partial charge on any atom is -0.491 e. The zero-order valence-electron chi connectivity index (χ0n) is 12.1. The van der Waals surface area contributed by atoms with E-state index in [1.807, 2.05) is 31.2 Å². The molecule has 2 aromatic rings. The van der Waals surface area contributed by atoms with E-state index in [-0.39, 0.29) is 6.04 Å². The van der Waals surface area contributed by atoms with Crippen LogP contribution in [0, 0.1) is 0 Å². The Balaban J connectivity index is 2.14. The zero-order chi connectivity index (χ0) is 14.8. The Bertz CT molecular complexity index is 642. The van der Waals surface area contributed by atoms with Crippen LogP contribution in [0.15, 0.2) is 46.9 Å². The van der Waals surface area contributed by atoms with Gasteiger partial charge in [0.2, 0.25) is 0 Å². The van der Waals surface area contributed by atoms with Crippen LogP contribution in [0.4, 0.5) is 11.4 Å². The van der Waals surface area contributed by atoms with Crippen molar-refractivity contribution >= 4 is 27.3 Å². The molecule has 3 rings (SSSR count). The lowest BCUT2D eigenvalue weighted by Crippen LogP contribution is -2.21. The van der Waals surface area contributed by atoms with Crippen molar-refractivity contribution in [1.82, 2.24) is 0 Å². The average molecular weight is 347 g/mol. The number of ether oxygens (including phenoxy) is 1. The van der Waals surface area contributed by atoms with Crippen LogP contribution < -0.4 is 15.4 Å². The number of rotatable bonds is 2. The van der Waals surface area contributed by atoms with Crippen molar-refractivity contribution in [2.75, 3.05) is 18.1 Å². The molecule has 3 nitrogen and oxygen atoms in total. The van der Waals surface area contributed by atoms with Crippen LogP contribution in [0.1, 0.15) is 24.9 Å². The minimum atomic E-state index is -0.00978. The molecule has 0 saturated carbocycles. The molecular formula is C17H19BrN2O. The summed E-state index contributed by atoms with van der Waals surface area (Å²) in [6.45, 7) is 3.69. The molecule has 0 amide bonds. The minimum absolute atomic E-state index is 0.00978. The van der Waals surface area contributed by atoms with Gasteiger partial charge >= 0.3 is 0 Å². The summed E-state index contributed by atoms with van der Waals surface area (Å²) in [6, 6.07) is 14.5. The average Bonchev–Trinajstić information content (AvgIpc) is 2.69. The van der Waals surface area contributed by atoms with E-state index < -0.39 is 0 Å². The molecule has 1 atom stereocenters. The summed E-state index contributed by atoms with van der Waals surface area (Å²) in [7, 11) is 0. The predicted octanol–water partition coefficient (Wildman–Crippen LogP) is 4.39. The van der Waals surface area contributed by atoms with Crippen molar-refractivity contribution in [3.8, 4) is 5.75 Å². The van der Waals surface area contributed by atoms with Crippen molar-refractivity contribution in [2.45, 2.75) is 19.4 Å². The van der Waals surface area contributed by atoms with Crippen molar-refractivity contribution < 1.29 is 4.74 Å². The first kappa shape index (κ1) is 14.4. The van der Waals surface area contributed by atoms with Crippen molar-refractivity contribution in [3.05, 3.63) is 52.5 Å². The van der Waals surface area contributed by atoms with Crippen molar-refractivity contribution in [1.29, 1.82) is 0 Å². The fraction of sp³-hybridized carbons (Fsp3) is 0.294. The topological polar surface area (TPSA) is 38.5 Å². The lowest BCUT2D eigenvalue weighted by molar-refractivity contribution is 0.322. The van der Waals surface area contributed by atoms with E-state index in [0.29, 0.717) is 0 Å². The van der Waals surface area contributed by atoms with Gasteiger partial charge in [0.15, 0.2) is 0 Å². The van der Waals surface area contributed by atoms with E-state index in [0.717, 1.165) is 46.7 Å². The molecule has 2 N–H and O–H groups in total. The smallest absolute Gasteiger partial charge is 0.142 e. The van der Waals surface area contributed by atoms with E-state index in [2.05, 4.69) is 39.0 Å². The summed E-state index contributed by atoms with van der Waals surface area (Å²) in [5.74, 6) is 0.936. The Morgan fingerprint density at radius 2 is 2.00 bits per heavy atom. The molecule has 0 bridgehead atoms. The summed E-state index contributed by atoms with van der Waals surface area (Å²) < 4.78 is 6.91. The fourth-order valence-electron chi connectivity index (χ4n) is 2.71. The number of anilines is 2. The van der Waals surface area contributed by atoms with Crippen LogP contribution in [0.5, 0.6) is 5.75 Å². The second-order valence-corrected chi connectivity index (χ2v) is 6.23. The van der Waals surface area contributed by atoms with Crippen LogP contribution in [0.25, 0.3) is 0 Å². The highest BCUT2D eigenvalue weighted by Crippen LogP contribution is 2.39. The number of para-hydroxylation sites is 2. The van der Waals surface area contributed by atoms with E-state index in [9.17, 15) is 0 Å². The molecule has 0 saturated heterocycles. The Kier molecular flexibility index (Phi) is 4.17. The van der Waals surface area contributed by atoms with Crippen molar-refractivity contribution in [3.63, 3.8) is 0 Å². The molecule has 0 fully saturated rings. The third kappa shape index (κ3) is 2.92. The molecule has 1 aliphatic heterocycles. The maximum Gasteiger partial charge on any atom is 0.142 e. The summed E-state index contributed by atoms with van der Waals surface area (Å²) >= 11 is 3.57. The Morgan fingerprint density at radius 1 is 1.19 bits per heavy atom. The summed E-state index contributed by atoms with van der Waals surface area (Å²) in [4.78, 5) is 2.31. The van der Waals surface area contributed by atoms with Crippen molar-refractivity contribution in [2.24, 2.45) is 5.73 Å². The first-order valence-electron chi connectivity index (χ1n) is 7.21. The van der Waals surface area contributed by atoms with Gasteiger partial charge in [0, 0.05) is 22.7 Å². The van der Waals surface area contributed by atoms with Crippen LogP contribution in [0.2, 0.25) is 0 Å². The number of hydrogen-bond acceptors (Lipinski definition) is 3. The second kappa shape index (κ2) is 6.08. The van der Waals surface area contributed by atoms with Gasteiger partial charge in [-0.1, -0.05) is 34.1 Å². The highest BCUT2D eigenvalue weighted by atomic mass is 79.9. The van der Waals surface area contributed by atoms with Gasteiger partial charge in [0.05, 0.1) is 12.3 Å². The Labute approximate surface area is 133 Å². The molecule has 1 heterocycles. The van der Waals surface area contributed by atoms with Gasteiger partial charge < -0.3 is 15.4 Å². The van der Waals surface area contributed by atoms with Gasteiger partial charge in [-0.3, -0.25) is 0 Å². The number of benzene rings is 2. The van der Waals surface area contributed by atoms with Crippen LogP contribution in [-0.2, 0) is 0 Å². The summed E-state index contributed by atoms with van der Waals surface area (Å²) in [6.07, 6.45) is 0.986. The van der Waals surface area contributed by atoms with E-state index in [1.165, 1.54) is 0 Å². The summed E-state index contributed by atoms with van der Waals surface area (Å²) in [5.41, 5.74) is 9.56. The normalized spacial score (nSPS) is 15.9. The van der Waals surface area contributed by atoms with E-state index in [4.69, 9.17) is 10.5 Å². The van der Waals surface area contributed by atoms with E-state index >= 15 is 0 Å². The number of fused-ring (bicyclic) bond motifs is 1. The first-order chi connectivity index (χ1) is 10.2. The molecule has 1 unspecified atom stereocenters. The summed E-state index contributed by atoms with van der Waals surface area (Å²) in [5, 5.41) is 0. The zero-order valence-corrected chi connectivity index (χ0v) is 13.6. The quantitative estimate of drug-likeness (QED) is 0.876. The monoisotopic (exact) mass is 346 g/mol. The SMILES string of the molecule is CC(N)c1ccc(Br)cc1N1CCCOc2ccccc21. The van der Waals surface area contributed by atoms with Crippen LogP contribution in [0.3, 0.4) is 0 Å². The lowest BCUT2D eigenvalue weighted by Gasteiger charge is -2.27. The molecule has 0 spiro atoms. The molecule has 0 aromatic heterocycles. The first-order valence-corrected chi connectivity index (χ1v) is 8.00. The van der Waals surface area contributed by atoms with Gasteiger partial charge in [-0.05, 0) is 43.2 Å². The van der Waals surface area contributed by atoms with Gasteiger partial charge in [-0.2, -0.15) is 0 Å². The highest BCUT2D eigenvalue weighted by Gasteiger charge is 2.21. The predicted molar refractivity (Wildman–Crippen MR) is 90.3 cm³/mol. The number of halogens is 1. The maximum atomic E-state index is 6.16. The third-order valence-corrected chi connectivity index (χ3v) is 4.21. The number of nitrogens with zero attached hydrogens (tertiary/aromatic N) is 1.